The van der Waals surface area contributed by atoms with Gasteiger partial charge in [-0.05, 0) is 68.8 Å². The Morgan fingerprint density at radius 3 is 2.52 bits per heavy atom. The Morgan fingerprint density at radius 1 is 1.10 bits per heavy atom. The molecule has 1 aromatic carbocycles. The number of carbonyl (C=O) groups excluding carboxylic acids is 1. The van der Waals surface area contributed by atoms with E-state index >= 15 is 0 Å². The summed E-state index contributed by atoms with van der Waals surface area (Å²) in [7, 11) is 0. The Balaban J connectivity index is 1.74. The minimum absolute atomic E-state index is 0.106. The molecular weight excluding hydrogens is 396 g/mol. The molecule has 0 aliphatic heterocycles. The average molecular weight is 429 g/mol. The topological polar surface area (TPSA) is 104 Å². The first-order valence-electron chi connectivity index (χ1n) is 10.7. The monoisotopic (exact) mass is 428 g/mol. The zero-order valence-corrected chi connectivity index (χ0v) is 18.3. The number of benzene rings is 1. The van der Waals surface area contributed by atoms with E-state index in [0.29, 0.717) is 17.8 Å². The summed E-state index contributed by atoms with van der Waals surface area (Å²) in [5.74, 6) is -0.421. The largest absolute Gasteiger partial charge is 0.465 e. The van der Waals surface area contributed by atoms with Crippen LogP contribution in [0.4, 0.5) is 10.5 Å². The first-order chi connectivity index (χ1) is 15.0. The number of anilines is 1. The van der Waals surface area contributed by atoms with Crippen LogP contribution in [0.1, 0.15) is 48.3 Å². The standard InChI is InChI=1S/C23H32N4O4/c1-3-27(4-2)14-6-5-12-24-16-21-15-19(11-13-25-21)22(28)31-17-18-7-9-20(10-8-18)26-23(29)30/h7-11,13,15,24,26H,3-6,12,14,16-17H2,1-2H3,(H,29,30). The number of ether oxygens (including phenoxy) is 1. The third kappa shape index (κ3) is 9.15. The number of carboxylic acid groups (broad SMARTS) is 1. The summed E-state index contributed by atoms with van der Waals surface area (Å²) in [5.41, 5.74) is 2.48. The molecule has 2 aromatic rings. The van der Waals surface area contributed by atoms with Gasteiger partial charge >= 0.3 is 12.1 Å². The van der Waals surface area contributed by atoms with Crippen molar-refractivity contribution in [2.24, 2.45) is 0 Å². The molecule has 0 saturated heterocycles. The van der Waals surface area contributed by atoms with Crippen LogP contribution >= 0.6 is 0 Å². The van der Waals surface area contributed by atoms with Crippen molar-refractivity contribution in [3.8, 4) is 0 Å². The highest BCUT2D eigenvalue weighted by atomic mass is 16.5. The molecule has 0 atom stereocenters. The number of esters is 1. The van der Waals surface area contributed by atoms with E-state index in [2.05, 4.69) is 34.4 Å². The summed E-state index contributed by atoms with van der Waals surface area (Å²) in [6.07, 6.45) is 2.74. The highest BCUT2D eigenvalue weighted by Crippen LogP contribution is 2.12. The van der Waals surface area contributed by atoms with Crippen molar-refractivity contribution in [2.75, 3.05) is 31.5 Å². The van der Waals surface area contributed by atoms with Crippen molar-refractivity contribution in [2.45, 2.75) is 39.8 Å². The maximum absolute atomic E-state index is 12.4. The van der Waals surface area contributed by atoms with Crippen molar-refractivity contribution in [1.29, 1.82) is 0 Å². The zero-order valence-electron chi connectivity index (χ0n) is 18.3. The lowest BCUT2D eigenvalue weighted by Crippen LogP contribution is -2.25. The number of aromatic nitrogens is 1. The molecule has 8 nitrogen and oxygen atoms in total. The van der Waals surface area contributed by atoms with Gasteiger partial charge in [-0.25, -0.2) is 9.59 Å². The summed E-state index contributed by atoms with van der Waals surface area (Å²) in [4.78, 5) is 29.7. The number of carbonyl (C=O) groups is 2. The molecule has 2 rings (SSSR count). The van der Waals surface area contributed by atoms with E-state index in [0.717, 1.165) is 50.3 Å². The number of nitrogens with one attached hydrogen (secondary N) is 2. The minimum Gasteiger partial charge on any atom is -0.465 e. The van der Waals surface area contributed by atoms with Gasteiger partial charge in [0.15, 0.2) is 0 Å². The molecule has 8 heteroatoms. The van der Waals surface area contributed by atoms with Gasteiger partial charge in [-0.2, -0.15) is 0 Å². The summed E-state index contributed by atoms with van der Waals surface area (Å²) < 4.78 is 5.36. The molecule has 0 aliphatic rings. The highest BCUT2D eigenvalue weighted by Gasteiger charge is 2.09. The number of nitrogens with zero attached hydrogens (tertiary/aromatic N) is 2. The van der Waals surface area contributed by atoms with Crippen molar-refractivity contribution in [1.82, 2.24) is 15.2 Å². The molecule has 0 radical (unpaired) electrons. The van der Waals surface area contributed by atoms with Crippen LogP contribution in [-0.4, -0.2) is 53.2 Å². The quantitative estimate of drug-likeness (QED) is 0.330. The normalized spacial score (nSPS) is 10.8. The summed E-state index contributed by atoms with van der Waals surface area (Å²) in [6, 6.07) is 10.0. The van der Waals surface area contributed by atoms with E-state index in [1.54, 1.807) is 42.6 Å². The van der Waals surface area contributed by atoms with Crippen molar-refractivity contribution < 1.29 is 19.4 Å². The zero-order chi connectivity index (χ0) is 22.5. The second-order valence-electron chi connectivity index (χ2n) is 7.15. The number of rotatable bonds is 13. The molecule has 0 spiro atoms. The second-order valence-corrected chi connectivity index (χ2v) is 7.15. The Bertz CT molecular complexity index is 823. The van der Waals surface area contributed by atoms with Crippen LogP contribution in [0, 0.1) is 0 Å². The van der Waals surface area contributed by atoms with Crippen LogP contribution in [-0.2, 0) is 17.9 Å². The van der Waals surface area contributed by atoms with Crippen LogP contribution in [0.25, 0.3) is 0 Å². The molecule has 168 valence electrons. The SMILES string of the molecule is CCN(CC)CCCCNCc1cc(C(=O)OCc2ccc(NC(=O)O)cc2)ccn1. The average Bonchev–Trinajstić information content (AvgIpc) is 2.78. The van der Waals surface area contributed by atoms with E-state index in [4.69, 9.17) is 9.84 Å². The molecule has 0 aliphatic carbocycles. The van der Waals surface area contributed by atoms with Gasteiger partial charge in [0.25, 0.3) is 0 Å². The lowest BCUT2D eigenvalue weighted by atomic mass is 10.2. The smallest absolute Gasteiger partial charge is 0.409 e. The fourth-order valence-electron chi connectivity index (χ4n) is 3.08. The first-order valence-corrected chi connectivity index (χ1v) is 10.7. The van der Waals surface area contributed by atoms with Gasteiger partial charge in [0.1, 0.15) is 6.61 Å². The van der Waals surface area contributed by atoms with Crippen molar-refractivity contribution in [3.05, 3.63) is 59.4 Å². The summed E-state index contributed by atoms with van der Waals surface area (Å²) >= 11 is 0. The number of hydrogen-bond acceptors (Lipinski definition) is 6. The van der Waals surface area contributed by atoms with E-state index in [9.17, 15) is 9.59 Å². The molecule has 0 unspecified atom stereocenters. The molecule has 0 fully saturated rings. The van der Waals surface area contributed by atoms with Gasteiger partial charge in [0.05, 0.1) is 11.3 Å². The lowest BCUT2D eigenvalue weighted by molar-refractivity contribution is 0.0472. The van der Waals surface area contributed by atoms with Gasteiger partial charge in [0.2, 0.25) is 0 Å². The predicted molar refractivity (Wildman–Crippen MR) is 120 cm³/mol. The lowest BCUT2D eigenvalue weighted by Gasteiger charge is -2.17. The first kappa shape index (κ1) is 24.3. The third-order valence-corrected chi connectivity index (χ3v) is 4.91. The Kier molecular flexibility index (Phi) is 10.5. The molecule has 3 N–H and O–H groups in total. The molecule has 0 saturated carbocycles. The van der Waals surface area contributed by atoms with E-state index < -0.39 is 12.1 Å². The van der Waals surface area contributed by atoms with E-state index in [-0.39, 0.29) is 6.61 Å². The molecule has 0 bridgehead atoms. The fourth-order valence-corrected chi connectivity index (χ4v) is 3.08. The minimum atomic E-state index is -1.12. The van der Waals surface area contributed by atoms with Gasteiger partial charge in [-0.1, -0.05) is 26.0 Å². The van der Waals surface area contributed by atoms with Crippen LogP contribution < -0.4 is 10.6 Å². The van der Waals surface area contributed by atoms with Gasteiger partial charge in [-0.3, -0.25) is 10.3 Å². The Hall–Kier alpha value is -2.97. The van der Waals surface area contributed by atoms with Crippen LogP contribution in [0.5, 0.6) is 0 Å². The van der Waals surface area contributed by atoms with Crippen LogP contribution in [0.3, 0.4) is 0 Å². The Morgan fingerprint density at radius 2 is 1.84 bits per heavy atom. The molecular formula is C23H32N4O4. The van der Waals surface area contributed by atoms with Crippen molar-refractivity contribution >= 4 is 17.7 Å². The maximum Gasteiger partial charge on any atom is 0.409 e. The molecule has 1 amide bonds. The number of pyridine rings is 1. The highest BCUT2D eigenvalue weighted by molar-refractivity contribution is 5.89. The summed E-state index contributed by atoms with van der Waals surface area (Å²) in [6.45, 7) is 9.27. The predicted octanol–water partition coefficient (Wildman–Crippen LogP) is 3.74. The van der Waals surface area contributed by atoms with Gasteiger partial charge in [0, 0.05) is 18.4 Å². The number of unbranched alkanes of at least 4 members (excludes halogenated alkanes) is 1. The van der Waals surface area contributed by atoms with E-state index in [1.807, 2.05) is 0 Å². The van der Waals surface area contributed by atoms with Gasteiger partial charge < -0.3 is 20.1 Å². The molecule has 31 heavy (non-hydrogen) atoms. The maximum atomic E-state index is 12.4. The summed E-state index contributed by atoms with van der Waals surface area (Å²) in [5, 5.41) is 14.3. The van der Waals surface area contributed by atoms with Crippen LogP contribution in [0.2, 0.25) is 0 Å². The third-order valence-electron chi connectivity index (χ3n) is 4.91. The molecule has 1 heterocycles. The van der Waals surface area contributed by atoms with Crippen molar-refractivity contribution in [3.63, 3.8) is 0 Å². The second kappa shape index (κ2) is 13.4. The fraction of sp³-hybridized carbons (Fsp3) is 0.435. The number of amides is 1. The Labute approximate surface area is 183 Å². The molecule has 1 aromatic heterocycles. The van der Waals surface area contributed by atoms with E-state index in [1.165, 1.54) is 0 Å². The van der Waals surface area contributed by atoms with Crippen LogP contribution in [0.15, 0.2) is 42.6 Å². The van der Waals surface area contributed by atoms with Gasteiger partial charge in [-0.15, -0.1) is 0 Å². The number of hydrogen-bond donors (Lipinski definition) is 3.